The molecule has 2 aromatic rings. The van der Waals surface area contributed by atoms with E-state index in [1.807, 2.05) is 30.3 Å². The van der Waals surface area contributed by atoms with Crippen LogP contribution in [0, 0.1) is 5.82 Å². The van der Waals surface area contributed by atoms with Crippen molar-refractivity contribution in [2.75, 3.05) is 25.5 Å². The number of anilines is 1. The Hall–Kier alpha value is -2.89. The standard InChI is InChI=1S/C20H25FN4O/c1-3-15-6-5-9-18(13-15)25-19(26)14-24-20(22-2)23-11-10-16-7-4-8-17(21)12-16/h4-9,12-13H,3,10-11,14H2,1-2H3,(H,25,26)(H2,22,23,24). The molecule has 1 amide bonds. The molecule has 0 spiro atoms. The fourth-order valence-corrected chi connectivity index (χ4v) is 2.48. The number of nitrogens with one attached hydrogen (secondary N) is 3. The first-order chi connectivity index (χ1) is 12.6. The first-order valence-corrected chi connectivity index (χ1v) is 8.68. The van der Waals surface area contributed by atoms with Crippen molar-refractivity contribution >= 4 is 17.6 Å². The molecule has 2 aromatic carbocycles. The average Bonchev–Trinajstić information content (AvgIpc) is 2.64. The van der Waals surface area contributed by atoms with Crippen molar-refractivity contribution in [3.05, 3.63) is 65.5 Å². The fourth-order valence-electron chi connectivity index (χ4n) is 2.48. The Bertz CT molecular complexity index is 761. The van der Waals surface area contributed by atoms with Gasteiger partial charge >= 0.3 is 0 Å². The molecular formula is C20H25FN4O. The van der Waals surface area contributed by atoms with Gasteiger partial charge in [0.15, 0.2) is 5.96 Å². The minimum Gasteiger partial charge on any atom is -0.356 e. The zero-order chi connectivity index (χ0) is 18.8. The predicted octanol–water partition coefficient (Wildman–Crippen LogP) is 2.73. The summed E-state index contributed by atoms with van der Waals surface area (Å²) in [5.74, 6) is 0.138. The molecule has 0 saturated heterocycles. The predicted molar refractivity (Wildman–Crippen MR) is 104 cm³/mol. The lowest BCUT2D eigenvalue weighted by Crippen LogP contribution is -2.42. The molecule has 0 saturated carbocycles. The summed E-state index contributed by atoms with van der Waals surface area (Å²) in [6, 6.07) is 14.3. The van der Waals surface area contributed by atoms with Crippen LogP contribution in [0.15, 0.2) is 53.5 Å². The molecule has 0 atom stereocenters. The van der Waals surface area contributed by atoms with E-state index in [1.165, 1.54) is 17.7 Å². The van der Waals surface area contributed by atoms with Gasteiger partial charge in [0.25, 0.3) is 0 Å². The Labute approximate surface area is 153 Å². The van der Waals surface area contributed by atoms with Crippen molar-refractivity contribution < 1.29 is 9.18 Å². The van der Waals surface area contributed by atoms with E-state index in [-0.39, 0.29) is 18.3 Å². The van der Waals surface area contributed by atoms with Gasteiger partial charge in [0.2, 0.25) is 5.91 Å². The van der Waals surface area contributed by atoms with Crippen LogP contribution in [0.1, 0.15) is 18.1 Å². The summed E-state index contributed by atoms with van der Waals surface area (Å²) in [6.45, 7) is 2.77. The van der Waals surface area contributed by atoms with Crippen molar-refractivity contribution in [3.63, 3.8) is 0 Å². The number of halogens is 1. The van der Waals surface area contributed by atoms with E-state index in [1.54, 1.807) is 13.1 Å². The van der Waals surface area contributed by atoms with Crippen LogP contribution in [-0.4, -0.2) is 32.0 Å². The molecule has 0 fully saturated rings. The lowest BCUT2D eigenvalue weighted by Gasteiger charge is -2.12. The average molecular weight is 356 g/mol. The normalized spacial score (nSPS) is 11.1. The van der Waals surface area contributed by atoms with Gasteiger partial charge in [0, 0.05) is 19.3 Å². The van der Waals surface area contributed by atoms with E-state index < -0.39 is 0 Å². The number of carbonyl (C=O) groups excluding carboxylic acids is 1. The smallest absolute Gasteiger partial charge is 0.243 e. The van der Waals surface area contributed by atoms with Crippen LogP contribution in [0.5, 0.6) is 0 Å². The summed E-state index contributed by atoms with van der Waals surface area (Å²) >= 11 is 0. The van der Waals surface area contributed by atoms with Gasteiger partial charge in [-0.3, -0.25) is 9.79 Å². The van der Waals surface area contributed by atoms with Crippen molar-refractivity contribution in [2.45, 2.75) is 19.8 Å². The molecule has 2 rings (SSSR count). The maximum atomic E-state index is 13.2. The zero-order valence-electron chi connectivity index (χ0n) is 15.2. The summed E-state index contributed by atoms with van der Waals surface area (Å²) < 4.78 is 13.2. The molecule has 138 valence electrons. The third-order valence-corrected chi connectivity index (χ3v) is 3.85. The van der Waals surface area contributed by atoms with Gasteiger partial charge in [0.1, 0.15) is 5.82 Å². The zero-order valence-corrected chi connectivity index (χ0v) is 15.2. The van der Waals surface area contributed by atoms with Crippen molar-refractivity contribution in [2.24, 2.45) is 4.99 Å². The number of guanidine groups is 1. The monoisotopic (exact) mass is 356 g/mol. The summed E-state index contributed by atoms with van der Waals surface area (Å²) in [5.41, 5.74) is 2.86. The summed E-state index contributed by atoms with van der Waals surface area (Å²) in [4.78, 5) is 16.2. The van der Waals surface area contributed by atoms with Gasteiger partial charge in [-0.25, -0.2) is 4.39 Å². The molecule has 0 aromatic heterocycles. The minimum absolute atomic E-state index is 0.107. The van der Waals surface area contributed by atoms with Crippen LogP contribution in [0.2, 0.25) is 0 Å². The van der Waals surface area contributed by atoms with Crippen LogP contribution in [-0.2, 0) is 17.6 Å². The van der Waals surface area contributed by atoms with Crippen molar-refractivity contribution in [1.29, 1.82) is 0 Å². The molecule has 0 unspecified atom stereocenters. The van der Waals surface area contributed by atoms with Crippen LogP contribution in [0.4, 0.5) is 10.1 Å². The van der Waals surface area contributed by atoms with Gasteiger partial charge in [-0.1, -0.05) is 31.2 Å². The Morgan fingerprint density at radius 3 is 2.58 bits per heavy atom. The van der Waals surface area contributed by atoms with Gasteiger partial charge in [-0.05, 0) is 48.2 Å². The van der Waals surface area contributed by atoms with Crippen LogP contribution >= 0.6 is 0 Å². The number of hydrogen-bond acceptors (Lipinski definition) is 2. The van der Waals surface area contributed by atoms with Crippen LogP contribution in [0.3, 0.4) is 0 Å². The molecule has 0 aliphatic carbocycles. The Kier molecular flexibility index (Phi) is 7.61. The number of rotatable bonds is 7. The van der Waals surface area contributed by atoms with Crippen molar-refractivity contribution in [3.8, 4) is 0 Å². The molecule has 0 aliphatic rings. The number of amides is 1. The molecule has 3 N–H and O–H groups in total. The van der Waals surface area contributed by atoms with Gasteiger partial charge in [0.05, 0.1) is 6.54 Å². The summed E-state index contributed by atoms with van der Waals surface area (Å²) in [7, 11) is 1.64. The molecule has 6 heteroatoms. The second kappa shape index (κ2) is 10.2. The number of benzene rings is 2. The molecule has 0 radical (unpaired) electrons. The Morgan fingerprint density at radius 2 is 1.85 bits per heavy atom. The van der Waals surface area contributed by atoms with Gasteiger partial charge < -0.3 is 16.0 Å². The summed E-state index contributed by atoms with van der Waals surface area (Å²) in [6.07, 6.45) is 1.58. The Morgan fingerprint density at radius 1 is 1.08 bits per heavy atom. The maximum Gasteiger partial charge on any atom is 0.243 e. The highest BCUT2D eigenvalue weighted by Gasteiger charge is 2.05. The van der Waals surface area contributed by atoms with Crippen LogP contribution < -0.4 is 16.0 Å². The third-order valence-electron chi connectivity index (χ3n) is 3.85. The fraction of sp³-hybridized carbons (Fsp3) is 0.300. The van der Waals surface area contributed by atoms with Gasteiger partial charge in [-0.15, -0.1) is 0 Å². The number of hydrogen-bond donors (Lipinski definition) is 3. The number of aryl methyl sites for hydroxylation is 1. The molecule has 0 bridgehead atoms. The molecular weight excluding hydrogens is 331 g/mol. The van der Waals surface area contributed by atoms with Crippen LogP contribution in [0.25, 0.3) is 0 Å². The van der Waals surface area contributed by atoms with Crippen molar-refractivity contribution in [1.82, 2.24) is 10.6 Å². The second-order valence-corrected chi connectivity index (χ2v) is 5.83. The SMILES string of the molecule is CCc1cccc(NC(=O)CNC(=NC)NCCc2cccc(F)c2)c1. The maximum absolute atomic E-state index is 13.2. The largest absolute Gasteiger partial charge is 0.356 e. The topological polar surface area (TPSA) is 65.5 Å². The highest BCUT2D eigenvalue weighted by Crippen LogP contribution is 2.10. The third kappa shape index (κ3) is 6.55. The number of aliphatic imine (C=N–C) groups is 1. The second-order valence-electron chi connectivity index (χ2n) is 5.83. The quantitative estimate of drug-likeness (QED) is 0.528. The number of nitrogens with zero attached hydrogens (tertiary/aromatic N) is 1. The molecule has 0 heterocycles. The summed E-state index contributed by atoms with van der Waals surface area (Å²) in [5, 5.41) is 8.94. The first-order valence-electron chi connectivity index (χ1n) is 8.68. The lowest BCUT2D eigenvalue weighted by atomic mass is 10.1. The Balaban J connectivity index is 1.74. The highest BCUT2D eigenvalue weighted by atomic mass is 19.1. The highest BCUT2D eigenvalue weighted by molar-refractivity contribution is 5.95. The number of carbonyl (C=O) groups is 1. The van der Waals surface area contributed by atoms with E-state index in [2.05, 4.69) is 27.9 Å². The molecule has 26 heavy (non-hydrogen) atoms. The van der Waals surface area contributed by atoms with E-state index >= 15 is 0 Å². The van der Waals surface area contributed by atoms with Gasteiger partial charge in [-0.2, -0.15) is 0 Å². The van der Waals surface area contributed by atoms with E-state index in [9.17, 15) is 9.18 Å². The molecule has 5 nitrogen and oxygen atoms in total. The van der Waals surface area contributed by atoms with E-state index in [0.29, 0.717) is 18.9 Å². The van der Waals surface area contributed by atoms with E-state index in [0.717, 1.165) is 17.7 Å². The first kappa shape index (κ1) is 19.4. The lowest BCUT2D eigenvalue weighted by molar-refractivity contribution is -0.115. The van der Waals surface area contributed by atoms with E-state index in [4.69, 9.17) is 0 Å². The molecule has 0 aliphatic heterocycles. The minimum atomic E-state index is -0.242.